The minimum absolute atomic E-state index is 0.248. The standard InChI is InChI=1S/C17H20ClN5O2S/c1-12-17(13(2)21-20-12)26(24,25)23-8-6-22(7-9-23)16(11-19)14-4-3-5-15(18)10-14/h3-5,10,16H,6-9H2,1-2H3,(H,20,21). The minimum atomic E-state index is -3.60. The Balaban J connectivity index is 1.76. The van der Waals surface area contributed by atoms with Crippen LogP contribution in [0.1, 0.15) is 23.0 Å². The molecular weight excluding hydrogens is 374 g/mol. The van der Waals surface area contributed by atoms with Gasteiger partial charge in [-0.05, 0) is 31.5 Å². The van der Waals surface area contributed by atoms with Crippen molar-refractivity contribution in [2.75, 3.05) is 26.2 Å². The summed E-state index contributed by atoms with van der Waals surface area (Å²) in [6.45, 7) is 4.97. The van der Waals surface area contributed by atoms with E-state index in [1.807, 2.05) is 17.0 Å². The van der Waals surface area contributed by atoms with Crippen LogP contribution in [0.15, 0.2) is 29.2 Å². The zero-order chi connectivity index (χ0) is 18.9. The summed E-state index contributed by atoms with van der Waals surface area (Å²) >= 11 is 6.03. The molecule has 2 aromatic rings. The van der Waals surface area contributed by atoms with Crippen LogP contribution in [0.2, 0.25) is 5.02 Å². The number of benzene rings is 1. The van der Waals surface area contributed by atoms with Gasteiger partial charge in [0.05, 0.1) is 17.5 Å². The van der Waals surface area contributed by atoms with Crippen molar-refractivity contribution in [3.8, 4) is 6.07 Å². The van der Waals surface area contributed by atoms with Crippen LogP contribution < -0.4 is 0 Å². The third kappa shape index (κ3) is 3.48. The number of aromatic nitrogens is 2. The van der Waals surface area contributed by atoms with Crippen LogP contribution >= 0.6 is 11.6 Å². The summed E-state index contributed by atoms with van der Waals surface area (Å²) in [7, 11) is -3.60. The molecule has 3 rings (SSSR count). The fraction of sp³-hybridized carbons (Fsp3) is 0.412. The second-order valence-electron chi connectivity index (χ2n) is 6.29. The second kappa shape index (κ2) is 7.37. The van der Waals surface area contributed by atoms with E-state index < -0.39 is 16.1 Å². The van der Waals surface area contributed by atoms with E-state index in [0.29, 0.717) is 42.6 Å². The van der Waals surface area contributed by atoms with E-state index in [0.717, 1.165) is 5.56 Å². The van der Waals surface area contributed by atoms with E-state index in [2.05, 4.69) is 16.3 Å². The predicted molar refractivity (Wildman–Crippen MR) is 98.2 cm³/mol. The van der Waals surface area contributed by atoms with Gasteiger partial charge < -0.3 is 0 Å². The number of nitriles is 1. The number of halogens is 1. The first-order chi connectivity index (χ1) is 12.3. The Hall–Kier alpha value is -1.92. The molecule has 1 fully saturated rings. The Kier molecular flexibility index (Phi) is 5.34. The van der Waals surface area contributed by atoms with Gasteiger partial charge in [-0.1, -0.05) is 23.7 Å². The zero-order valence-electron chi connectivity index (χ0n) is 14.6. The Morgan fingerprint density at radius 3 is 2.50 bits per heavy atom. The van der Waals surface area contributed by atoms with Crippen LogP contribution in [0.25, 0.3) is 0 Å². The van der Waals surface area contributed by atoms with Gasteiger partial charge in [-0.3, -0.25) is 10.00 Å². The van der Waals surface area contributed by atoms with E-state index in [1.165, 1.54) is 4.31 Å². The van der Waals surface area contributed by atoms with Crippen molar-refractivity contribution in [3.05, 3.63) is 46.2 Å². The molecule has 0 spiro atoms. The monoisotopic (exact) mass is 393 g/mol. The summed E-state index contributed by atoms with van der Waals surface area (Å²) in [4.78, 5) is 2.23. The van der Waals surface area contributed by atoms with E-state index in [1.54, 1.807) is 26.0 Å². The molecule has 0 amide bonds. The molecule has 1 unspecified atom stereocenters. The van der Waals surface area contributed by atoms with Crippen molar-refractivity contribution in [1.82, 2.24) is 19.4 Å². The smallest absolute Gasteiger partial charge is 0.246 e. The molecule has 1 aliphatic rings. The molecule has 2 heterocycles. The number of piperazine rings is 1. The summed E-state index contributed by atoms with van der Waals surface area (Å²) in [6.07, 6.45) is 0. The molecule has 9 heteroatoms. The van der Waals surface area contributed by atoms with E-state index in [4.69, 9.17) is 11.6 Å². The Morgan fingerprint density at radius 2 is 1.96 bits per heavy atom. The Bertz CT molecular complexity index is 923. The van der Waals surface area contributed by atoms with Crippen LogP contribution in [0, 0.1) is 25.2 Å². The van der Waals surface area contributed by atoms with E-state index in [9.17, 15) is 13.7 Å². The lowest BCUT2D eigenvalue weighted by Gasteiger charge is -2.36. The van der Waals surface area contributed by atoms with Gasteiger partial charge in [0.2, 0.25) is 10.0 Å². The largest absolute Gasteiger partial charge is 0.282 e. The van der Waals surface area contributed by atoms with Crippen molar-refractivity contribution in [2.24, 2.45) is 0 Å². The fourth-order valence-electron chi connectivity index (χ4n) is 3.30. The van der Waals surface area contributed by atoms with Crippen LogP contribution in [-0.2, 0) is 10.0 Å². The van der Waals surface area contributed by atoms with Gasteiger partial charge in [0.25, 0.3) is 0 Å². The fourth-order valence-corrected chi connectivity index (χ4v) is 5.25. The number of aromatic amines is 1. The normalized spacial score (nSPS) is 17.8. The van der Waals surface area contributed by atoms with Gasteiger partial charge in [-0.2, -0.15) is 14.7 Å². The third-order valence-corrected chi connectivity index (χ3v) is 6.98. The average Bonchev–Trinajstić information content (AvgIpc) is 2.95. The molecule has 1 saturated heterocycles. The lowest BCUT2D eigenvalue weighted by atomic mass is 10.1. The maximum Gasteiger partial charge on any atom is 0.246 e. The van der Waals surface area contributed by atoms with Gasteiger partial charge in [-0.15, -0.1) is 0 Å². The van der Waals surface area contributed by atoms with Crippen LogP contribution in [0.3, 0.4) is 0 Å². The molecule has 0 aliphatic carbocycles. The first-order valence-electron chi connectivity index (χ1n) is 8.25. The summed E-state index contributed by atoms with van der Waals surface area (Å²) in [6, 6.07) is 9.06. The molecule has 0 radical (unpaired) electrons. The van der Waals surface area contributed by atoms with Crippen molar-refractivity contribution in [2.45, 2.75) is 24.8 Å². The summed E-state index contributed by atoms with van der Waals surface area (Å²) in [5, 5.41) is 16.9. The molecule has 1 aromatic carbocycles. The molecule has 1 atom stereocenters. The summed E-state index contributed by atoms with van der Waals surface area (Å²) in [5.74, 6) is 0. The van der Waals surface area contributed by atoms with Crippen molar-refractivity contribution in [3.63, 3.8) is 0 Å². The number of rotatable bonds is 4. The van der Waals surface area contributed by atoms with Gasteiger partial charge in [0, 0.05) is 31.2 Å². The maximum absolute atomic E-state index is 12.9. The molecule has 138 valence electrons. The highest BCUT2D eigenvalue weighted by molar-refractivity contribution is 7.89. The molecule has 7 nitrogen and oxygen atoms in total. The molecular formula is C17H20ClN5O2S. The van der Waals surface area contributed by atoms with Gasteiger partial charge in [0.1, 0.15) is 10.9 Å². The molecule has 0 saturated carbocycles. The second-order valence-corrected chi connectivity index (χ2v) is 8.60. The first-order valence-corrected chi connectivity index (χ1v) is 10.1. The highest BCUT2D eigenvalue weighted by Crippen LogP contribution is 2.27. The SMILES string of the molecule is Cc1n[nH]c(C)c1S(=O)(=O)N1CCN(C(C#N)c2cccc(Cl)c2)CC1. The molecule has 26 heavy (non-hydrogen) atoms. The van der Waals surface area contributed by atoms with E-state index in [-0.39, 0.29) is 4.90 Å². The highest BCUT2D eigenvalue weighted by Gasteiger charge is 2.34. The number of sulfonamides is 1. The van der Waals surface area contributed by atoms with Crippen molar-refractivity contribution < 1.29 is 8.42 Å². The maximum atomic E-state index is 12.9. The first kappa shape index (κ1) is 18.9. The number of nitrogens with one attached hydrogen (secondary N) is 1. The number of nitrogens with zero attached hydrogens (tertiary/aromatic N) is 4. The summed E-state index contributed by atoms with van der Waals surface area (Å²) in [5.41, 5.74) is 1.83. The van der Waals surface area contributed by atoms with Crippen molar-refractivity contribution in [1.29, 1.82) is 5.26 Å². The van der Waals surface area contributed by atoms with Crippen LogP contribution in [0.5, 0.6) is 0 Å². The zero-order valence-corrected chi connectivity index (χ0v) is 16.2. The minimum Gasteiger partial charge on any atom is -0.282 e. The molecule has 1 N–H and O–H groups in total. The van der Waals surface area contributed by atoms with E-state index >= 15 is 0 Å². The molecule has 0 bridgehead atoms. The number of aryl methyl sites for hydroxylation is 2. The Labute approximate surface area is 158 Å². The van der Waals surface area contributed by atoms with Crippen LogP contribution in [-0.4, -0.2) is 54.0 Å². The van der Waals surface area contributed by atoms with Gasteiger partial charge in [-0.25, -0.2) is 8.42 Å². The lowest BCUT2D eigenvalue weighted by Crippen LogP contribution is -2.49. The predicted octanol–water partition coefficient (Wildman–Crippen LogP) is 2.25. The third-order valence-electron chi connectivity index (χ3n) is 4.58. The average molecular weight is 394 g/mol. The topological polar surface area (TPSA) is 93.1 Å². The number of H-pyrrole nitrogens is 1. The molecule has 1 aromatic heterocycles. The van der Waals surface area contributed by atoms with Crippen LogP contribution in [0.4, 0.5) is 0 Å². The number of hydrogen-bond acceptors (Lipinski definition) is 5. The Morgan fingerprint density at radius 1 is 1.27 bits per heavy atom. The van der Waals surface area contributed by atoms with Gasteiger partial charge in [0.15, 0.2) is 0 Å². The number of hydrogen-bond donors (Lipinski definition) is 1. The highest BCUT2D eigenvalue weighted by atomic mass is 35.5. The van der Waals surface area contributed by atoms with Crippen molar-refractivity contribution >= 4 is 21.6 Å². The lowest BCUT2D eigenvalue weighted by molar-refractivity contribution is 0.162. The molecule has 1 aliphatic heterocycles. The van der Waals surface area contributed by atoms with Gasteiger partial charge >= 0.3 is 0 Å². The quantitative estimate of drug-likeness (QED) is 0.859. The summed E-state index contributed by atoms with van der Waals surface area (Å²) < 4.78 is 27.3.